The standard InChI is InChI=1S/C12H15BrN4O2S/c1-16-6-10(14-8-16)11(18)17(3-4-19-2)5-9-7-20-12(13)15-9/h6-8H,3-5H2,1-2H3. The van der Waals surface area contributed by atoms with Crippen LogP contribution in [-0.2, 0) is 18.3 Å². The Hall–Kier alpha value is -1.25. The van der Waals surface area contributed by atoms with Crippen LogP contribution in [0, 0.1) is 0 Å². The van der Waals surface area contributed by atoms with Crippen LogP contribution >= 0.6 is 27.3 Å². The van der Waals surface area contributed by atoms with Gasteiger partial charge in [0.1, 0.15) is 5.69 Å². The molecule has 2 rings (SSSR count). The zero-order valence-corrected chi connectivity index (χ0v) is 13.6. The number of halogens is 1. The van der Waals surface area contributed by atoms with Gasteiger partial charge in [-0.1, -0.05) is 0 Å². The fourth-order valence-corrected chi connectivity index (χ4v) is 2.73. The lowest BCUT2D eigenvalue weighted by atomic mass is 10.3. The van der Waals surface area contributed by atoms with E-state index in [0.29, 0.717) is 25.4 Å². The molecule has 0 N–H and O–H groups in total. The highest BCUT2D eigenvalue weighted by molar-refractivity contribution is 9.11. The van der Waals surface area contributed by atoms with Crippen LogP contribution in [0.15, 0.2) is 21.8 Å². The molecule has 1 amide bonds. The minimum atomic E-state index is -0.119. The lowest BCUT2D eigenvalue weighted by Crippen LogP contribution is -2.33. The number of carbonyl (C=O) groups is 1. The number of methoxy groups -OCH3 is 1. The van der Waals surface area contributed by atoms with E-state index in [0.717, 1.165) is 9.61 Å². The average molecular weight is 359 g/mol. The van der Waals surface area contributed by atoms with Gasteiger partial charge in [0.05, 0.1) is 25.2 Å². The number of ether oxygens (including phenoxy) is 1. The molecule has 0 radical (unpaired) electrons. The molecule has 0 saturated heterocycles. The molecule has 2 heterocycles. The third-order valence-electron chi connectivity index (χ3n) is 2.65. The Morgan fingerprint density at radius 3 is 2.95 bits per heavy atom. The molecule has 8 heteroatoms. The monoisotopic (exact) mass is 358 g/mol. The first-order valence-corrected chi connectivity index (χ1v) is 7.63. The quantitative estimate of drug-likeness (QED) is 0.791. The zero-order chi connectivity index (χ0) is 14.5. The first kappa shape index (κ1) is 15.1. The summed E-state index contributed by atoms with van der Waals surface area (Å²) < 4.78 is 7.62. The van der Waals surface area contributed by atoms with E-state index in [1.54, 1.807) is 29.1 Å². The van der Waals surface area contributed by atoms with Gasteiger partial charge in [-0.25, -0.2) is 9.97 Å². The van der Waals surface area contributed by atoms with Crippen molar-refractivity contribution in [2.75, 3.05) is 20.3 Å². The van der Waals surface area contributed by atoms with Gasteiger partial charge in [0.25, 0.3) is 5.91 Å². The summed E-state index contributed by atoms with van der Waals surface area (Å²) in [7, 11) is 3.45. The molecule has 2 aromatic heterocycles. The van der Waals surface area contributed by atoms with E-state index in [4.69, 9.17) is 4.74 Å². The van der Waals surface area contributed by atoms with Crippen molar-refractivity contribution in [3.63, 3.8) is 0 Å². The van der Waals surface area contributed by atoms with Crippen LogP contribution in [0.3, 0.4) is 0 Å². The summed E-state index contributed by atoms with van der Waals surface area (Å²) in [6.07, 6.45) is 3.32. The van der Waals surface area contributed by atoms with Crippen molar-refractivity contribution in [2.24, 2.45) is 7.05 Å². The second-order valence-corrected chi connectivity index (χ2v) is 6.37. The molecule has 0 atom stereocenters. The molecule has 2 aromatic rings. The number of thiazole rings is 1. The van der Waals surface area contributed by atoms with Gasteiger partial charge in [0.2, 0.25) is 0 Å². The van der Waals surface area contributed by atoms with Crippen LogP contribution in [0.4, 0.5) is 0 Å². The highest BCUT2D eigenvalue weighted by Crippen LogP contribution is 2.17. The molecule has 0 fully saturated rings. The average Bonchev–Trinajstić information content (AvgIpc) is 3.02. The first-order chi connectivity index (χ1) is 9.60. The number of aryl methyl sites for hydroxylation is 1. The van der Waals surface area contributed by atoms with Crippen molar-refractivity contribution in [2.45, 2.75) is 6.54 Å². The highest BCUT2D eigenvalue weighted by atomic mass is 79.9. The van der Waals surface area contributed by atoms with E-state index in [-0.39, 0.29) is 5.91 Å². The third kappa shape index (κ3) is 3.87. The Bertz CT molecular complexity index is 584. The Morgan fingerprint density at radius 1 is 1.60 bits per heavy atom. The Balaban J connectivity index is 2.12. The number of amides is 1. The SMILES string of the molecule is COCCN(Cc1csc(Br)n1)C(=O)c1cn(C)cn1. The molecule has 108 valence electrons. The van der Waals surface area contributed by atoms with Gasteiger partial charge in [-0.05, 0) is 15.9 Å². The largest absolute Gasteiger partial charge is 0.383 e. The summed E-state index contributed by atoms with van der Waals surface area (Å²) in [5, 5.41) is 1.93. The molecular weight excluding hydrogens is 344 g/mol. The molecule has 0 saturated carbocycles. The summed E-state index contributed by atoms with van der Waals surface area (Å²) in [6.45, 7) is 1.42. The Kier molecular flexibility index (Phi) is 5.27. The number of hydrogen-bond acceptors (Lipinski definition) is 5. The van der Waals surface area contributed by atoms with E-state index in [2.05, 4.69) is 25.9 Å². The fraction of sp³-hybridized carbons (Fsp3) is 0.417. The van der Waals surface area contributed by atoms with Crippen LogP contribution in [0.2, 0.25) is 0 Å². The van der Waals surface area contributed by atoms with Crippen molar-refractivity contribution in [3.05, 3.63) is 33.2 Å². The molecule has 0 spiro atoms. The summed E-state index contributed by atoms with van der Waals surface area (Å²) in [4.78, 5) is 22.5. The summed E-state index contributed by atoms with van der Waals surface area (Å²) >= 11 is 4.82. The highest BCUT2D eigenvalue weighted by Gasteiger charge is 2.19. The van der Waals surface area contributed by atoms with Crippen LogP contribution in [-0.4, -0.2) is 45.6 Å². The minimum absolute atomic E-state index is 0.119. The van der Waals surface area contributed by atoms with Gasteiger partial charge >= 0.3 is 0 Å². The smallest absolute Gasteiger partial charge is 0.274 e. The molecule has 0 aliphatic heterocycles. The predicted molar refractivity (Wildman–Crippen MR) is 79.6 cm³/mol. The molecule has 0 aliphatic rings. The number of hydrogen-bond donors (Lipinski definition) is 0. The maximum atomic E-state index is 12.4. The second kappa shape index (κ2) is 6.96. The number of aromatic nitrogens is 3. The van der Waals surface area contributed by atoms with E-state index in [1.807, 2.05) is 12.4 Å². The van der Waals surface area contributed by atoms with Crippen molar-refractivity contribution < 1.29 is 9.53 Å². The summed E-state index contributed by atoms with van der Waals surface area (Å²) in [5.74, 6) is -0.119. The lowest BCUT2D eigenvalue weighted by molar-refractivity contribution is 0.0673. The van der Waals surface area contributed by atoms with Crippen molar-refractivity contribution in [1.82, 2.24) is 19.4 Å². The maximum Gasteiger partial charge on any atom is 0.274 e. The van der Waals surface area contributed by atoms with Gasteiger partial charge in [-0.3, -0.25) is 4.79 Å². The molecule has 0 bridgehead atoms. The molecule has 0 aromatic carbocycles. The number of nitrogens with zero attached hydrogens (tertiary/aromatic N) is 4. The van der Waals surface area contributed by atoms with E-state index >= 15 is 0 Å². The van der Waals surface area contributed by atoms with Crippen molar-refractivity contribution in [3.8, 4) is 0 Å². The summed E-state index contributed by atoms with van der Waals surface area (Å²) in [5.41, 5.74) is 1.28. The molecule has 0 unspecified atom stereocenters. The van der Waals surface area contributed by atoms with Crippen LogP contribution in [0.25, 0.3) is 0 Å². The van der Waals surface area contributed by atoms with Gasteiger partial charge in [-0.2, -0.15) is 0 Å². The number of carbonyl (C=O) groups excluding carboxylic acids is 1. The zero-order valence-electron chi connectivity index (χ0n) is 11.2. The van der Waals surface area contributed by atoms with Crippen molar-refractivity contribution in [1.29, 1.82) is 0 Å². The first-order valence-electron chi connectivity index (χ1n) is 5.96. The topological polar surface area (TPSA) is 60.2 Å². The predicted octanol–water partition coefficient (Wildman–Crippen LogP) is 1.93. The van der Waals surface area contributed by atoms with Gasteiger partial charge in [0.15, 0.2) is 3.92 Å². The van der Waals surface area contributed by atoms with E-state index in [9.17, 15) is 4.79 Å². The molecule has 20 heavy (non-hydrogen) atoms. The summed E-state index contributed by atoms with van der Waals surface area (Å²) in [6, 6.07) is 0. The second-order valence-electron chi connectivity index (χ2n) is 4.24. The van der Waals surface area contributed by atoms with Crippen LogP contribution in [0.5, 0.6) is 0 Å². The lowest BCUT2D eigenvalue weighted by Gasteiger charge is -2.20. The fourth-order valence-electron chi connectivity index (χ4n) is 1.69. The van der Waals surface area contributed by atoms with E-state index in [1.165, 1.54) is 11.3 Å². The van der Waals surface area contributed by atoms with E-state index < -0.39 is 0 Å². The Morgan fingerprint density at radius 2 is 2.40 bits per heavy atom. The molecule has 0 aliphatic carbocycles. The van der Waals surface area contributed by atoms with Gasteiger partial charge in [0, 0.05) is 32.3 Å². The normalized spacial score (nSPS) is 10.8. The van der Waals surface area contributed by atoms with Crippen molar-refractivity contribution >= 4 is 33.2 Å². The van der Waals surface area contributed by atoms with Crippen LogP contribution in [0.1, 0.15) is 16.2 Å². The van der Waals surface area contributed by atoms with Gasteiger partial charge < -0.3 is 14.2 Å². The molecular formula is C12H15BrN4O2S. The van der Waals surface area contributed by atoms with Crippen LogP contribution < -0.4 is 0 Å². The van der Waals surface area contributed by atoms with Gasteiger partial charge in [-0.15, -0.1) is 11.3 Å². The maximum absolute atomic E-state index is 12.4. The number of imidazole rings is 1. The Labute approximate surface area is 129 Å². The molecule has 6 nitrogen and oxygen atoms in total. The third-order valence-corrected chi connectivity index (χ3v) is 4.07. The number of rotatable bonds is 6. The minimum Gasteiger partial charge on any atom is -0.383 e.